The number of esters is 1. The summed E-state index contributed by atoms with van der Waals surface area (Å²) in [6.07, 6.45) is 4.40. The Morgan fingerprint density at radius 1 is 1.25 bits per heavy atom. The Labute approximate surface area is 163 Å². The second kappa shape index (κ2) is 11.1. The first kappa shape index (κ1) is 21.5. The topological polar surface area (TPSA) is 57.2 Å². The van der Waals surface area contributed by atoms with Gasteiger partial charge in [-0.25, -0.2) is 0 Å². The summed E-state index contributed by atoms with van der Waals surface area (Å²) in [7, 11) is 1.83. The predicted molar refractivity (Wildman–Crippen MR) is 108 cm³/mol. The summed E-state index contributed by atoms with van der Waals surface area (Å²) in [4.78, 5) is 21.0. The number of nitrogens with zero attached hydrogens (tertiary/aromatic N) is 3. The van der Waals surface area contributed by atoms with E-state index in [2.05, 4.69) is 27.0 Å². The van der Waals surface area contributed by atoms with E-state index in [1.165, 1.54) is 12.8 Å². The standard InChI is InChI=1S/C17H32N4O2.HI/c1-4-20(15-6-7-15)13-10-19-17(18-3)21-11-8-14(9-12-21)16(22)23-5-2;/h14-15H,4-13H2,1-3H3,(H,18,19);1H. The molecule has 24 heavy (non-hydrogen) atoms. The Hall–Kier alpha value is -0.570. The number of hydrogen-bond acceptors (Lipinski definition) is 4. The lowest BCUT2D eigenvalue weighted by Gasteiger charge is -2.33. The third-order valence-electron chi connectivity index (χ3n) is 4.78. The van der Waals surface area contributed by atoms with Crippen molar-refractivity contribution in [2.75, 3.05) is 46.4 Å². The number of halogens is 1. The van der Waals surface area contributed by atoms with Crippen LogP contribution >= 0.6 is 24.0 Å². The zero-order valence-corrected chi connectivity index (χ0v) is 17.6. The van der Waals surface area contributed by atoms with E-state index in [9.17, 15) is 4.79 Å². The summed E-state index contributed by atoms with van der Waals surface area (Å²) < 4.78 is 5.13. The van der Waals surface area contributed by atoms with Gasteiger partial charge in [-0.05, 0) is 39.2 Å². The van der Waals surface area contributed by atoms with E-state index in [0.717, 1.165) is 57.6 Å². The third-order valence-corrected chi connectivity index (χ3v) is 4.78. The predicted octanol–water partition coefficient (Wildman–Crippen LogP) is 1.94. The Kier molecular flexibility index (Phi) is 9.95. The zero-order valence-electron chi connectivity index (χ0n) is 15.3. The molecule has 1 N–H and O–H groups in total. The molecule has 1 saturated carbocycles. The second-order valence-corrected chi connectivity index (χ2v) is 6.35. The van der Waals surface area contributed by atoms with Crippen LogP contribution in [0, 0.1) is 5.92 Å². The molecule has 2 fully saturated rings. The number of ether oxygens (including phenoxy) is 1. The lowest BCUT2D eigenvalue weighted by atomic mass is 9.97. The van der Waals surface area contributed by atoms with Gasteiger partial charge in [0.15, 0.2) is 5.96 Å². The van der Waals surface area contributed by atoms with Gasteiger partial charge in [0.2, 0.25) is 0 Å². The SMILES string of the molecule is CCOC(=O)C1CCN(C(=NC)NCCN(CC)C2CC2)CC1.I. The largest absolute Gasteiger partial charge is 0.466 e. The Balaban J connectivity index is 0.00000288. The van der Waals surface area contributed by atoms with Crippen LogP contribution < -0.4 is 5.32 Å². The highest BCUT2D eigenvalue weighted by atomic mass is 127. The summed E-state index contributed by atoms with van der Waals surface area (Å²) in [6.45, 7) is 9.40. The normalized spacial score (nSPS) is 19.2. The number of piperidine rings is 1. The summed E-state index contributed by atoms with van der Waals surface area (Å²) in [5.41, 5.74) is 0. The van der Waals surface area contributed by atoms with E-state index in [-0.39, 0.29) is 35.9 Å². The second-order valence-electron chi connectivity index (χ2n) is 6.35. The van der Waals surface area contributed by atoms with Crippen molar-refractivity contribution in [1.82, 2.24) is 15.1 Å². The monoisotopic (exact) mass is 452 g/mol. The van der Waals surface area contributed by atoms with Gasteiger partial charge in [-0.2, -0.15) is 0 Å². The lowest BCUT2D eigenvalue weighted by molar-refractivity contribution is -0.149. The Morgan fingerprint density at radius 2 is 1.92 bits per heavy atom. The van der Waals surface area contributed by atoms with Crippen LogP contribution in [-0.2, 0) is 9.53 Å². The first-order valence-electron chi connectivity index (χ1n) is 9.05. The van der Waals surface area contributed by atoms with Crippen LogP contribution in [0.5, 0.6) is 0 Å². The summed E-state index contributed by atoms with van der Waals surface area (Å²) in [6, 6.07) is 0.809. The lowest BCUT2D eigenvalue weighted by Crippen LogP contribution is -2.48. The highest BCUT2D eigenvalue weighted by Gasteiger charge is 2.28. The molecule has 2 rings (SSSR count). The summed E-state index contributed by atoms with van der Waals surface area (Å²) in [5.74, 6) is 0.965. The van der Waals surface area contributed by atoms with Gasteiger partial charge in [0.1, 0.15) is 0 Å². The van der Waals surface area contributed by atoms with Crippen molar-refractivity contribution in [2.24, 2.45) is 10.9 Å². The smallest absolute Gasteiger partial charge is 0.309 e. The van der Waals surface area contributed by atoms with Gasteiger partial charge < -0.3 is 15.0 Å². The molecular weight excluding hydrogens is 419 g/mol. The van der Waals surface area contributed by atoms with E-state index >= 15 is 0 Å². The quantitative estimate of drug-likeness (QED) is 0.277. The fraction of sp³-hybridized carbons (Fsp3) is 0.882. The third kappa shape index (κ3) is 6.38. The van der Waals surface area contributed by atoms with Gasteiger partial charge in [-0.1, -0.05) is 6.92 Å². The van der Waals surface area contributed by atoms with Crippen molar-refractivity contribution in [1.29, 1.82) is 0 Å². The van der Waals surface area contributed by atoms with Crippen molar-refractivity contribution in [3.05, 3.63) is 0 Å². The summed E-state index contributed by atoms with van der Waals surface area (Å²) >= 11 is 0. The first-order chi connectivity index (χ1) is 11.2. The van der Waals surface area contributed by atoms with Crippen LogP contribution in [0.15, 0.2) is 4.99 Å². The molecule has 0 aromatic heterocycles. The Morgan fingerprint density at radius 3 is 2.42 bits per heavy atom. The molecule has 1 aliphatic heterocycles. The molecule has 0 aromatic carbocycles. The van der Waals surface area contributed by atoms with Gasteiger partial charge in [-0.3, -0.25) is 14.7 Å². The number of carbonyl (C=O) groups excluding carboxylic acids is 1. The number of hydrogen-bond donors (Lipinski definition) is 1. The van der Waals surface area contributed by atoms with Crippen LogP contribution in [0.25, 0.3) is 0 Å². The number of aliphatic imine (C=N–C) groups is 1. The van der Waals surface area contributed by atoms with Crippen molar-refractivity contribution >= 4 is 35.9 Å². The van der Waals surface area contributed by atoms with E-state index in [4.69, 9.17) is 4.74 Å². The number of likely N-dealkylation sites (tertiary alicyclic amines) is 1. The molecule has 0 radical (unpaired) electrons. The molecule has 1 heterocycles. The number of carbonyl (C=O) groups is 1. The average Bonchev–Trinajstić information content (AvgIpc) is 3.40. The van der Waals surface area contributed by atoms with Gasteiger partial charge in [0.05, 0.1) is 12.5 Å². The molecule has 0 unspecified atom stereocenters. The molecule has 6 nitrogen and oxygen atoms in total. The molecule has 140 valence electrons. The fourth-order valence-corrected chi connectivity index (χ4v) is 3.27. The number of rotatable bonds is 7. The van der Waals surface area contributed by atoms with E-state index in [1.807, 2.05) is 14.0 Å². The van der Waals surface area contributed by atoms with Crippen LogP contribution in [0.1, 0.15) is 39.5 Å². The van der Waals surface area contributed by atoms with Crippen LogP contribution in [0.4, 0.5) is 0 Å². The first-order valence-corrected chi connectivity index (χ1v) is 9.05. The maximum Gasteiger partial charge on any atom is 0.309 e. The Bertz CT molecular complexity index is 407. The molecule has 0 spiro atoms. The maximum absolute atomic E-state index is 11.8. The van der Waals surface area contributed by atoms with E-state index in [1.54, 1.807) is 0 Å². The van der Waals surface area contributed by atoms with E-state index in [0.29, 0.717) is 6.61 Å². The molecule has 0 aromatic rings. The number of nitrogens with one attached hydrogen (secondary N) is 1. The highest BCUT2D eigenvalue weighted by molar-refractivity contribution is 14.0. The van der Waals surface area contributed by atoms with Crippen molar-refractivity contribution in [3.8, 4) is 0 Å². The molecule has 2 aliphatic rings. The van der Waals surface area contributed by atoms with Gasteiger partial charge >= 0.3 is 5.97 Å². The average molecular weight is 452 g/mol. The highest BCUT2D eigenvalue weighted by Crippen LogP contribution is 2.25. The van der Waals surface area contributed by atoms with Crippen molar-refractivity contribution < 1.29 is 9.53 Å². The van der Waals surface area contributed by atoms with E-state index < -0.39 is 0 Å². The van der Waals surface area contributed by atoms with Gasteiger partial charge in [0, 0.05) is 39.3 Å². The van der Waals surface area contributed by atoms with Crippen LogP contribution in [0.3, 0.4) is 0 Å². The van der Waals surface area contributed by atoms with Crippen LogP contribution in [0.2, 0.25) is 0 Å². The maximum atomic E-state index is 11.8. The fourth-order valence-electron chi connectivity index (χ4n) is 3.27. The molecule has 1 aliphatic carbocycles. The summed E-state index contributed by atoms with van der Waals surface area (Å²) in [5, 5.41) is 3.47. The molecular formula is C17H33IN4O2. The molecule has 0 bridgehead atoms. The molecule has 0 amide bonds. The van der Waals surface area contributed by atoms with Crippen molar-refractivity contribution in [3.63, 3.8) is 0 Å². The molecule has 1 saturated heterocycles. The molecule has 0 atom stereocenters. The zero-order chi connectivity index (χ0) is 16.7. The molecule has 7 heteroatoms. The number of guanidine groups is 1. The van der Waals surface area contributed by atoms with Gasteiger partial charge in [0.25, 0.3) is 0 Å². The van der Waals surface area contributed by atoms with Gasteiger partial charge in [-0.15, -0.1) is 24.0 Å². The minimum atomic E-state index is -0.0434. The minimum absolute atomic E-state index is 0. The van der Waals surface area contributed by atoms with Crippen LogP contribution in [-0.4, -0.2) is 74.1 Å². The van der Waals surface area contributed by atoms with Crippen molar-refractivity contribution in [2.45, 2.75) is 45.6 Å². The number of likely N-dealkylation sites (N-methyl/N-ethyl adjacent to an activating group) is 1. The minimum Gasteiger partial charge on any atom is -0.466 e.